The molecule has 0 heterocycles. The lowest BCUT2D eigenvalue weighted by molar-refractivity contribution is -0.137. The van der Waals surface area contributed by atoms with Crippen LogP contribution in [0.1, 0.15) is 23.5 Å². The Hall–Kier alpha value is -1.60. The van der Waals surface area contributed by atoms with Crippen LogP contribution in [0.2, 0.25) is 0 Å². The van der Waals surface area contributed by atoms with Gasteiger partial charge in [-0.2, -0.15) is 13.2 Å². The standard InChI is InChI=1S/C16H21F3N2O2/c1-23-8-7-20-5-6-21-15(22)14-10-13(14)11-3-2-4-12(9-11)16(17,18)19/h2-4,9,13-14,20H,5-8,10H2,1H3,(H,21,22). The molecule has 0 bridgehead atoms. The van der Waals surface area contributed by atoms with Gasteiger partial charge >= 0.3 is 6.18 Å². The Labute approximate surface area is 133 Å². The van der Waals surface area contributed by atoms with Crippen molar-refractivity contribution in [1.82, 2.24) is 10.6 Å². The Balaban J connectivity index is 1.77. The number of hydrogen-bond donors (Lipinski definition) is 2. The van der Waals surface area contributed by atoms with E-state index in [1.807, 2.05) is 0 Å². The maximum absolute atomic E-state index is 12.7. The molecule has 0 aromatic heterocycles. The lowest BCUT2D eigenvalue weighted by Crippen LogP contribution is -2.34. The second-order valence-electron chi connectivity index (χ2n) is 5.61. The molecule has 0 radical (unpaired) electrons. The Bertz CT molecular complexity index is 534. The van der Waals surface area contributed by atoms with Gasteiger partial charge in [0.05, 0.1) is 12.2 Å². The second-order valence-corrected chi connectivity index (χ2v) is 5.61. The number of carbonyl (C=O) groups excluding carboxylic acids is 1. The van der Waals surface area contributed by atoms with Crippen LogP contribution < -0.4 is 10.6 Å². The maximum atomic E-state index is 12.7. The molecule has 23 heavy (non-hydrogen) atoms. The molecule has 0 spiro atoms. The predicted octanol–water partition coefficient (Wildman–Crippen LogP) is 2.16. The first kappa shape index (κ1) is 17.7. The minimum Gasteiger partial charge on any atom is -0.383 e. The van der Waals surface area contributed by atoms with E-state index in [1.54, 1.807) is 13.2 Å². The SMILES string of the molecule is COCCNCCNC(=O)C1CC1c1cccc(C(F)(F)F)c1. The van der Waals surface area contributed by atoms with Crippen molar-refractivity contribution >= 4 is 5.91 Å². The number of methoxy groups -OCH3 is 1. The summed E-state index contributed by atoms with van der Waals surface area (Å²) in [5.74, 6) is -0.433. The molecule has 2 unspecified atom stereocenters. The summed E-state index contributed by atoms with van der Waals surface area (Å²) in [6, 6.07) is 5.24. The number of benzene rings is 1. The molecule has 1 amide bonds. The molecular formula is C16H21F3N2O2. The summed E-state index contributed by atoms with van der Waals surface area (Å²) < 4.78 is 43.0. The van der Waals surface area contributed by atoms with Crippen LogP contribution in [0.5, 0.6) is 0 Å². The smallest absolute Gasteiger partial charge is 0.383 e. The quantitative estimate of drug-likeness (QED) is 0.718. The first-order chi connectivity index (χ1) is 10.9. The van der Waals surface area contributed by atoms with Crippen molar-refractivity contribution in [3.8, 4) is 0 Å². The van der Waals surface area contributed by atoms with Crippen molar-refractivity contribution in [1.29, 1.82) is 0 Å². The monoisotopic (exact) mass is 330 g/mol. The average Bonchev–Trinajstić information content (AvgIpc) is 3.30. The number of amides is 1. The van der Waals surface area contributed by atoms with Crippen LogP contribution in [0, 0.1) is 5.92 Å². The van der Waals surface area contributed by atoms with Crippen molar-refractivity contribution in [3.05, 3.63) is 35.4 Å². The molecule has 1 aromatic rings. The molecule has 2 atom stereocenters. The van der Waals surface area contributed by atoms with Crippen LogP contribution in [0.25, 0.3) is 0 Å². The number of halogens is 3. The summed E-state index contributed by atoms with van der Waals surface area (Å²) in [5, 5.41) is 5.90. The molecule has 1 aliphatic rings. The third kappa shape index (κ3) is 5.21. The fourth-order valence-corrected chi connectivity index (χ4v) is 2.50. The normalized spacial score (nSPS) is 20.3. The first-order valence-electron chi connectivity index (χ1n) is 7.58. The Morgan fingerprint density at radius 3 is 2.78 bits per heavy atom. The highest BCUT2D eigenvalue weighted by Gasteiger charge is 2.44. The Morgan fingerprint density at radius 1 is 1.30 bits per heavy atom. The third-order valence-electron chi connectivity index (χ3n) is 3.85. The van der Waals surface area contributed by atoms with Crippen LogP contribution in [0.15, 0.2) is 24.3 Å². The van der Waals surface area contributed by atoms with Gasteiger partial charge in [-0.15, -0.1) is 0 Å². The lowest BCUT2D eigenvalue weighted by Gasteiger charge is -2.09. The first-order valence-corrected chi connectivity index (χ1v) is 7.58. The van der Waals surface area contributed by atoms with Gasteiger partial charge in [0, 0.05) is 32.7 Å². The zero-order valence-electron chi connectivity index (χ0n) is 13.0. The van der Waals surface area contributed by atoms with E-state index in [4.69, 9.17) is 4.74 Å². The van der Waals surface area contributed by atoms with E-state index in [-0.39, 0.29) is 17.7 Å². The van der Waals surface area contributed by atoms with Crippen molar-refractivity contribution in [2.75, 3.05) is 33.4 Å². The summed E-state index contributed by atoms with van der Waals surface area (Å²) in [5.41, 5.74) is -0.0819. The van der Waals surface area contributed by atoms with E-state index < -0.39 is 11.7 Å². The van der Waals surface area contributed by atoms with E-state index >= 15 is 0 Å². The Morgan fingerprint density at radius 2 is 2.09 bits per heavy atom. The summed E-state index contributed by atoms with van der Waals surface area (Å²) >= 11 is 0. The lowest BCUT2D eigenvalue weighted by atomic mass is 10.1. The van der Waals surface area contributed by atoms with Gasteiger partial charge in [0.25, 0.3) is 0 Å². The Kier molecular flexibility index (Phi) is 6.01. The minimum absolute atomic E-state index is 0.0963. The fraction of sp³-hybridized carbons (Fsp3) is 0.562. The van der Waals surface area contributed by atoms with Gasteiger partial charge in [-0.3, -0.25) is 4.79 Å². The van der Waals surface area contributed by atoms with Crippen LogP contribution in [0.3, 0.4) is 0 Å². The van der Waals surface area contributed by atoms with E-state index in [1.165, 1.54) is 6.07 Å². The summed E-state index contributed by atoms with van der Waals surface area (Å²) in [6.07, 6.45) is -3.75. The number of hydrogen-bond acceptors (Lipinski definition) is 3. The molecule has 0 saturated heterocycles. The topological polar surface area (TPSA) is 50.4 Å². The highest BCUT2D eigenvalue weighted by Crippen LogP contribution is 2.48. The summed E-state index contributed by atoms with van der Waals surface area (Å²) in [6.45, 7) is 2.45. The number of carbonyl (C=O) groups is 1. The van der Waals surface area contributed by atoms with Crippen molar-refractivity contribution in [3.63, 3.8) is 0 Å². The molecule has 1 aliphatic carbocycles. The van der Waals surface area contributed by atoms with E-state index in [2.05, 4.69) is 10.6 Å². The van der Waals surface area contributed by atoms with Gasteiger partial charge < -0.3 is 15.4 Å². The second kappa shape index (κ2) is 7.79. The van der Waals surface area contributed by atoms with Gasteiger partial charge in [-0.1, -0.05) is 18.2 Å². The van der Waals surface area contributed by atoms with Crippen molar-refractivity contribution < 1.29 is 22.7 Å². The molecule has 2 rings (SSSR count). The van der Waals surface area contributed by atoms with Gasteiger partial charge in [0.2, 0.25) is 5.91 Å². The molecular weight excluding hydrogens is 309 g/mol. The molecule has 2 N–H and O–H groups in total. The molecule has 0 aliphatic heterocycles. The molecule has 7 heteroatoms. The highest BCUT2D eigenvalue weighted by atomic mass is 19.4. The van der Waals surface area contributed by atoms with E-state index in [9.17, 15) is 18.0 Å². The highest BCUT2D eigenvalue weighted by molar-refractivity contribution is 5.82. The van der Waals surface area contributed by atoms with Gasteiger partial charge in [0.1, 0.15) is 0 Å². The molecule has 1 fully saturated rings. The maximum Gasteiger partial charge on any atom is 0.416 e. The van der Waals surface area contributed by atoms with Crippen LogP contribution in [-0.4, -0.2) is 39.3 Å². The molecule has 1 aromatic carbocycles. The number of alkyl halides is 3. The zero-order valence-corrected chi connectivity index (χ0v) is 13.0. The third-order valence-corrected chi connectivity index (χ3v) is 3.85. The van der Waals surface area contributed by atoms with E-state index in [0.717, 1.165) is 12.1 Å². The summed E-state index contributed by atoms with van der Waals surface area (Å²) in [4.78, 5) is 12.0. The number of ether oxygens (including phenoxy) is 1. The predicted molar refractivity (Wildman–Crippen MR) is 80.0 cm³/mol. The minimum atomic E-state index is -4.35. The largest absolute Gasteiger partial charge is 0.416 e. The summed E-state index contributed by atoms with van der Waals surface area (Å²) in [7, 11) is 1.62. The van der Waals surface area contributed by atoms with E-state index in [0.29, 0.717) is 38.2 Å². The van der Waals surface area contributed by atoms with Crippen molar-refractivity contribution in [2.45, 2.75) is 18.5 Å². The van der Waals surface area contributed by atoms with Gasteiger partial charge in [-0.25, -0.2) is 0 Å². The van der Waals surface area contributed by atoms with Crippen LogP contribution in [-0.2, 0) is 15.7 Å². The average molecular weight is 330 g/mol. The number of nitrogens with one attached hydrogen (secondary N) is 2. The van der Waals surface area contributed by atoms with Gasteiger partial charge in [-0.05, 0) is 24.0 Å². The molecule has 1 saturated carbocycles. The van der Waals surface area contributed by atoms with Crippen molar-refractivity contribution in [2.24, 2.45) is 5.92 Å². The van der Waals surface area contributed by atoms with Gasteiger partial charge in [0.15, 0.2) is 0 Å². The van der Waals surface area contributed by atoms with Crippen LogP contribution >= 0.6 is 0 Å². The molecule has 4 nitrogen and oxygen atoms in total. The fourth-order valence-electron chi connectivity index (χ4n) is 2.50. The molecule has 128 valence electrons. The zero-order chi connectivity index (χ0) is 16.9. The van der Waals surface area contributed by atoms with Crippen LogP contribution in [0.4, 0.5) is 13.2 Å². The number of rotatable bonds is 8.